The molecule has 11 heteroatoms. The molecule has 0 aliphatic heterocycles. The van der Waals surface area contributed by atoms with E-state index in [1.54, 1.807) is 24.3 Å². The number of amides is 1. The van der Waals surface area contributed by atoms with Crippen LogP contribution in [0.3, 0.4) is 0 Å². The quantitative estimate of drug-likeness (QED) is 0.583. The van der Waals surface area contributed by atoms with Crippen molar-refractivity contribution in [2.75, 3.05) is 11.8 Å². The summed E-state index contributed by atoms with van der Waals surface area (Å²) in [6.07, 6.45) is -4.68. The number of aromatic nitrogens is 1. The highest BCUT2D eigenvalue weighted by Crippen LogP contribution is 2.35. The number of hydrogen-bond acceptors (Lipinski definition) is 5. The van der Waals surface area contributed by atoms with Crippen molar-refractivity contribution in [1.29, 1.82) is 0 Å². The summed E-state index contributed by atoms with van der Waals surface area (Å²) in [5.41, 5.74) is 1.52. The highest BCUT2D eigenvalue weighted by molar-refractivity contribution is 7.92. The van der Waals surface area contributed by atoms with Gasteiger partial charge < -0.3 is 10.1 Å². The SMILES string of the molecule is COc1ccc(S(=O)(=O)Nc2ccc3ccccc3n2)c2c1CC(NC(=O)C(F)(F)F)CC2. The number of rotatable bonds is 5. The number of sulfonamides is 1. The Morgan fingerprint density at radius 3 is 2.58 bits per heavy atom. The van der Waals surface area contributed by atoms with Crippen molar-refractivity contribution in [1.82, 2.24) is 10.3 Å². The number of alkyl halides is 3. The Hall–Kier alpha value is -3.34. The first kappa shape index (κ1) is 22.8. The molecule has 1 amide bonds. The second-order valence-electron chi connectivity index (χ2n) is 7.63. The first-order chi connectivity index (χ1) is 15.6. The highest BCUT2D eigenvalue weighted by Gasteiger charge is 2.40. The summed E-state index contributed by atoms with van der Waals surface area (Å²) >= 11 is 0. The van der Waals surface area contributed by atoms with Crippen LogP contribution >= 0.6 is 0 Å². The number of para-hydroxylation sites is 1. The van der Waals surface area contributed by atoms with E-state index in [0.717, 1.165) is 5.39 Å². The third-order valence-electron chi connectivity index (χ3n) is 5.48. The molecule has 2 N–H and O–H groups in total. The lowest BCUT2D eigenvalue weighted by atomic mass is 9.87. The van der Waals surface area contributed by atoms with Crippen LogP contribution in [0.15, 0.2) is 53.4 Å². The van der Waals surface area contributed by atoms with Gasteiger partial charge in [0, 0.05) is 17.0 Å². The Bertz CT molecular complexity index is 1330. The second kappa shape index (κ2) is 8.54. The Kier molecular flexibility index (Phi) is 5.91. The lowest BCUT2D eigenvalue weighted by molar-refractivity contribution is -0.174. The highest BCUT2D eigenvalue weighted by atomic mass is 32.2. The van der Waals surface area contributed by atoms with Gasteiger partial charge in [0.15, 0.2) is 0 Å². The topological polar surface area (TPSA) is 97.4 Å². The standard InChI is InChI=1S/C22H20F3N3O4S/c1-32-18-9-10-19(15-8-7-14(12-16(15)18)26-21(29)22(23,24)25)33(30,31)28-20-11-6-13-4-2-3-5-17(13)27-20/h2-6,9-11,14H,7-8,12H2,1H3,(H,26,29)(H,27,28). The van der Waals surface area contributed by atoms with Crippen LogP contribution in [0.25, 0.3) is 10.9 Å². The summed E-state index contributed by atoms with van der Waals surface area (Å²) in [4.78, 5) is 15.7. The van der Waals surface area contributed by atoms with E-state index in [1.165, 1.54) is 19.2 Å². The van der Waals surface area contributed by atoms with Gasteiger partial charge in [-0.15, -0.1) is 0 Å². The molecule has 4 rings (SSSR count). The number of ether oxygens (including phenoxy) is 1. The van der Waals surface area contributed by atoms with Gasteiger partial charge in [-0.1, -0.05) is 18.2 Å². The van der Waals surface area contributed by atoms with Crippen molar-refractivity contribution in [2.45, 2.75) is 36.4 Å². The van der Waals surface area contributed by atoms with Crippen molar-refractivity contribution in [3.05, 3.63) is 59.7 Å². The van der Waals surface area contributed by atoms with Gasteiger partial charge in [-0.2, -0.15) is 13.2 Å². The first-order valence-corrected chi connectivity index (χ1v) is 11.5. The number of fused-ring (bicyclic) bond motifs is 2. The zero-order chi connectivity index (χ0) is 23.8. The average molecular weight is 479 g/mol. The molecule has 0 saturated carbocycles. The normalized spacial score (nSPS) is 16.2. The second-order valence-corrected chi connectivity index (χ2v) is 9.28. The van der Waals surface area contributed by atoms with E-state index in [4.69, 9.17) is 4.74 Å². The minimum Gasteiger partial charge on any atom is -0.496 e. The maximum Gasteiger partial charge on any atom is 0.471 e. The van der Waals surface area contributed by atoms with Gasteiger partial charge in [0.1, 0.15) is 11.6 Å². The fourth-order valence-electron chi connectivity index (χ4n) is 3.96. The maximum atomic E-state index is 13.2. The van der Waals surface area contributed by atoms with Crippen LogP contribution in [-0.4, -0.2) is 38.6 Å². The van der Waals surface area contributed by atoms with Crippen LogP contribution in [0.5, 0.6) is 5.75 Å². The van der Waals surface area contributed by atoms with Gasteiger partial charge in [-0.3, -0.25) is 9.52 Å². The predicted molar refractivity (Wildman–Crippen MR) is 116 cm³/mol. The maximum absolute atomic E-state index is 13.2. The fraction of sp³-hybridized carbons (Fsp3) is 0.273. The molecule has 0 radical (unpaired) electrons. The summed E-state index contributed by atoms with van der Waals surface area (Å²) in [5, 5.41) is 2.83. The van der Waals surface area contributed by atoms with Gasteiger partial charge in [-0.05, 0) is 55.2 Å². The molecular formula is C22H20F3N3O4S. The number of nitrogens with zero attached hydrogens (tertiary/aromatic N) is 1. The molecule has 7 nitrogen and oxygen atoms in total. The number of halogens is 3. The number of pyridine rings is 1. The number of benzene rings is 2. The minimum absolute atomic E-state index is 0.00569. The van der Waals surface area contributed by atoms with E-state index in [1.807, 2.05) is 17.4 Å². The zero-order valence-electron chi connectivity index (χ0n) is 17.4. The molecule has 0 saturated heterocycles. The van der Waals surface area contributed by atoms with Crippen molar-refractivity contribution in [3.63, 3.8) is 0 Å². The van der Waals surface area contributed by atoms with Gasteiger partial charge in [0.2, 0.25) is 0 Å². The average Bonchev–Trinajstić information content (AvgIpc) is 2.77. The Balaban J connectivity index is 1.64. The Morgan fingerprint density at radius 2 is 1.85 bits per heavy atom. The molecule has 0 spiro atoms. The summed E-state index contributed by atoms with van der Waals surface area (Å²) in [6, 6.07) is 12.6. The molecule has 1 atom stereocenters. The van der Waals surface area contributed by atoms with E-state index < -0.39 is 28.1 Å². The van der Waals surface area contributed by atoms with Crippen molar-refractivity contribution in [2.24, 2.45) is 0 Å². The van der Waals surface area contributed by atoms with Crippen LogP contribution in [0, 0.1) is 0 Å². The van der Waals surface area contributed by atoms with Crippen molar-refractivity contribution < 1.29 is 31.1 Å². The van der Waals surface area contributed by atoms with E-state index >= 15 is 0 Å². The fourth-order valence-corrected chi connectivity index (χ4v) is 5.26. The summed E-state index contributed by atoms with van der Waals surface area (Å²) in [6.45, 7) is 0. The lowest BCUT2D eigenvalue weighted by Gasteiger charge is -2.28. The van der Waals surface area contributed by atoms with Crippen LogP contribution < -0.4 is 14.8 Å². The lowest BCUT2D eigenvalue weighted by Crippen LogP contribution is -2.45. The summed E-state index contributed by atoms with van der Waals surface area (Å²) < 4.78 is 72.1. The number of methoxy groups -OCH3 is 1. The Labute approximate surface area is 188 Å². The number of hydrogen-bond donors (Lipinski definition) is 2. The minimum atomic E-state index is -4.99. The molecule has 2 aromatic carbocycles. The van der Waals surface area contributed by atoms with Crippen LogP contribution in [0.2, 0.25) is 0 Å². The largest absolute Gasteiger partial charge is 0.496 e. The molecule has 1 aromatic heterocycles. The van der Waals surface area contributed by atoms with Gasteiger partial charge in [0.25, 0.3) is 10.0 Å². The monoisotopic (exact) mass is 479 g/mol. The third-order valence-corrected chi connectivity index (χ3v) is 6.92. The van der Waals surface area contributed by atoms with Gasteiger partial charge >= 0.3 is 12.1 Å². The molecule has 33 heavy (non-hydrogen) atoms. The van der Waals surface area contributed by atoms with Gasteiger partial charge in [0.05, 0.1) is 17.5 Å². The molecule has 0 bridgehead atoms. The van der Waals surface area contributed by atoms with E-state index in [2.05, 4.69) is 9.71 Å². The van der Waals surface area contributed by atoms with Gasteiger partial charge in [-0.25, -0.2) is 13.4 Å². The number of carbonyl (C=O) groups excluding carboxylic acids is 1. The number of anilines is 1. The molecular weight excluding hydrogens is 459 g/mol. The van der Waals surface area contributed by atoms with Crippen molar-refractivity contribution >= 4 is 32.7 Å². The summed E-state index contributed by atoms with van der Waals surface area (Å²) in [5.74, 6) is -1.54. The smallest absolute Gasteiger partial charge is 0.471 e. The van der Waals surface area contributed by atoms with E-state index in [9.17, 15) is 26.4 Å². The molecule has 1 aliphatic carbocycles. The first-order valence-electron chi connectivity index (χ1n) is 10.0. The van der Waals surface area contributed by atoms with Crippen LogP contribution in [-0.2, 0) is 27.7 Å². The molecule has 1 heterocycles. The number of nitrogens with one attached hydrogen (secondary N) is 2. The third kappa shape index (κ3) is 4.72. The zero-order valence-corrected chi connectivity index (χ0v) is 18.3. The van der Waals surface area contributed by atoms with E-state index in [-0.39, 0.29) is 30.0 Å². The van der Waals surface area contributed by atoms with Crippen LogP contribution in [0.4, 0.5) is 19.0 Å². The van der Waals surface area contributed by atoms with Crippen molar-refractivity contribution in [3.8, 4) is 5.75 Å². The summed E-state index contributed by atoms with van der Waals surface area (Å²) in [7, 11) is -2.66. The molecule has 3 aromatic rings. The molecule has 1 unspecified atom stereocenters. The molecule has 1 aliphatic rings. The van der Waals surface area contributed by atoms with Crippen LogP contribution in [0.1, 0.15) is 17.5 Å². The molecule has 174 valence electrons. The number of carbonyl (C=O) groups is 1. The molecule has 0 fully saturated rings. The predicted octanol–water partition coefficient (Wildman–Crippen LogP) is 3.58. The Morgan fingerprint density at radius 1 is 1.09 bits per heavy atom. The van der Waals surface area contributed by atoms with E-state index in [0.29, 0.717) is 22.4 Å².